The van der Waals surface area contributed by atoms with E-state index in [1.165, 1.54) is 11.1 Å². The fourth-order valence-electron chi connectivity index (χ4n) is 3.05. The summed E-state index contributed by atoms with van der Waals surface area (Å²) in [4.78, 5) is 14.4. The van der Waals surface area contributed by atoms with Gasteiger partial charge in [0, 0.05) is 25.6 Å². The third-order valence-electron chi connectivity index (χ3n) is 4.37. The molecule has 1 amide bonds. The summed E-state index contributed by atoms with van der Waals surface area (Å²) in [6.45, 7) is 1.18. The van der Waals surface area contributed by atoms with Crippen molar-refractivity contribution in [3.8, 4) is 0 Å². The van der Waals surface area contributed by atoms with E-state index >= 15 is 0 Å². The van der Waals surface area contributed by atoms with Crippen molar-refractivity contribution in [2.24, 2.45) is 0 Å². The molecule has 1 aliphatic rings. The van der Waals surface area contributed by atoms with Crippen LogP contribution in [0, 0.1) is 0 Å². The van der Waals surface area contributed by atoms with Crippen molar-refractivity contribution in [1.82, 2.24) is 13.6 Å². The van der Waals surface area contributed by atoms with Gasteiger partial charge in [0.25, 0.3) is 5.91 Å². The van der Waals surface area contributed by atoms with Crippen molar-refractivity contribution in [3.63, 3.8) is 0 Å². The van der Waals surface area contributed by atoms with E-state index in [9.17, 15) is 4.79 Å². The van der Waals surface area contributed by atoms with Gasteiger partial charge in [-0.05, 0) is 29.3 Å². The van der Waals surface area contributed by atoms with E-state index in [2.05, 4.69) is 20.9 Å². The number of likely N-dealkylation sites (N-methyl/N-ethyl adjacent to an activating group) is 1. The first-order valence-electron chi connectivity index (χ1n) is 7.87. The topological polar surface area (TPSA) is 55.3 Å². The second-order valence-electron chi connectivity index (χ2n) is 6.06. The van der Waals surface area contributed by atoms with Crippen LogP contribution in [0.25, 0.3) is 11.0 Å². The summed E-state index contributed by atoms with van der Waals surface area (Å²) in [6, 6.07) is 13.8. The van der Waals surface area contributed by atoms with Gasteiger partial charge < -0.3 is 9.64 Å². The maximum Gasteiger partial charge on any atom is 0.253 e. The number of carbonyl (C=O) groups excluding carboxylic acids is 1. The Morgan fingerprint density at radius 2 is 2.00 bits per heavy atom. The highest BCUT2D eigenvalue weighted by molar-refractivity contribution is 7.00. The van der Waals surface area contributed by atoms with E-state index in [-0.39, 0.29) is 12.0 Å². The van der Waals surface area contributed by atoms with Gasteiger partial charge in [0.05, 0.1) is 24.4 Å². The molecule has 1 atom stereocenters. The maximum atomic E-state index is 12.7. The zero-order valence-electron chi connectivity index (χ0n) is 13.3. The van der Waals surface area contributed by atoms with Crippen LogP contribution in [0.5, 0.6) is 0 Å². The zero-order valence-corrected chi connectivity index (χ0v) is 14.1. The Hall–Kier alpha value is -2.31. The van der Waals surface area contributed by atoms with Gasteiger partial charge in [-0.15, -0.1) is 0 Å². The molecule has 24 heavy (non-hydrogen) atoms. The van der Waals surface area contributed by atoms with Crippen molar-refractivity contribution in [2.45, 2.75) is 19.1 Å². The summed E-state index contributed by atoms with van der Waals surface area (Å²) in [5.41, 5.74) is 4.77. The van der Waals surface area contributed by atoms with Gasteiger partial charge in [0.1, 0.15) is 11.0 Å². The standard InChI is InChI=1S/C18H17N3O2S/c1-21(10-15-8-12-4-2-3-5-14(12)11-23-15)18(22)13-6-7-16-17(9-13)20-24-19-16/h2-7,9,15H,8,10-11H2,1H3. The molecule has 0 saturated carbocycles. The second-order valence-corrected chi connectivity index (χ2v) is 6.59. The molecule has 1 aromatic heterocycles. The van der Waals surface area contributed by atoms with Crippen LogP contribution < -0.4 is 0 Å². The van der Waals surface area contributed by atoms with Gasteiger partial charge in [-0.1, -0.05) is 24.3 Å². The van der Waals surface area contributed by atoms with Crippen molar-refractivity contribution in [3.05, 3.63) is 59.2 Å². The molecule has 1 unspecified atom stereocenters. The van der Waals surface area contributed by atoms with Gasteiger partial charge in [-0.2, -0.15) is 8.75 Å². The highest BCUT2D eigenvalue weighted by Crippen LogP contribution is 2.21. The number of benzene rings is 2. The van der Waals surface area contributed by atoms with Crippen LogP contribution in [0.4, 0.5) is 0 Å². The first kappa shape index (κ1) is 15.2. The van der Waals surface area contributed by atoms with Gasteiger partial charge in [-0.25, -0.2) is 0 Å². The van der Waals surface area contributed by atoms with Crippen molar-refractivity contribution < 1.29 is 9.53 Å². The van der Waals surface area contributed by atoms with Gasteiger partial charge >= 0.3 is 0 Å². The average Bonchev–Trinajstić information content (AvgIpc) is 3.08. The molecular formula is C18H17N3O2S. The number of amides is 1. The van der Waals surface area contributed by atoms with Crippen molar-refractivity contribution >= 4 is 28.7 Å². The average molecular weight is 339 g/mol. The summed E-state index contributed by atoms with van der Waals surface area (Å²) < 4.78 is 14.3. The number of rotatable bonds is 3. The van der Waals surface area contributed by atoms with E-state index in [1.54, 1.807) is 17.0 Å². The number of ether oxygens (including phenoxy) is 1. The van der Waals surface area contributed by atoms with Gasteiger partial charge in [0.15, 0.2) is 0 Å². The van der Waals surface area contributed by atoms with Gasteiger partial charge in [0.2, 0.25) is 0 Å². The molecule has 4 rings (SSSR count). The predicted molar refractivity (Wildman–Crippen MR) is 93.1 cm³/mol. The molecule has 5 nitrogen and oxygen atoms in total. The van der Waals surface area contributed by atoms with Crippen LogP contribution in [0.1, 0.15) is 21.5 Å². The predicted octanol–water partition coefficient (Wildman–Crippen LogP) is 2.90. The quantitative estimate of drug-likeness (QED) is 0.736. The molecule has 2 heterocycles. The van der Waals surface area contributed by atoms with E-state index < -0.39 is 0 Å². The Labute approximate surface area is 144 Å². The monoisotopic (exact) mass is 339 g/mol. The number of aromatic nitrogens is 2. The molecule has 1 aliphatic heterocycles. The summed E-state index contributed by atoms with van der Waals surface area (Å²) >= 11 is 1.16. The highest BCUT2D eigenvalue weighted by Gasteiger charge is 2.22. The largest absolute Gasteiger partial charge is 0.371 e. The molecule has 0 N–H and O–H groups in total. The van der Waals surface area contributed by atoms with Crippen LogP contribution in [-0.2, 0) is 17.8 Å². The smallest absolute Gasteiger partial charge is 0.253 e. The second kappa shape index (κ2) is 6.30. The molecule has 2 aromatic carbocycles. The Balaban J connectivity index is 1.46. The van der Waals surface area contributed by atoms with Crippen LogP contribution in [-0.4, -0.2) is 39.3 Å². The van der Waals surface area contributed by atoms with Crippen LogP contribution in [0.2, 0.25) is 0 Å². The van der Waals surface area contributed by atoms with Crippen LogP contribution >= 0.6 is 11.7 Å². The SMILES string of the molecule is CN(CC1Cc2ccccc2CO1)C(=O)c1ccc2nsnc2c1. The van der Waals surface area contributed by atoms with E-state index in [0.29, 0.717) is 18.7 Å². The number of hydrogen-bond acceptors (Lipinski definition) is 5. The maximum absolute atomic E-state index is 12.7. The molecular weight excluding hydrogens is 322 g/mol. The number of carbonyl (C=O) groups is 1. The molecule has 0 aliphatic carbocycles. The molecule has 3 aromatic rings. The Morgan fingerprint density at radius 1 is 1.21 bits per heavy atom. The first-order chi connectivity index (χ1) is 11.7. The minimum atomic E-state index is -0.0210. The zero-order chi connectivity index (χ0) is 16.5. The Kier molecular flexibility index (Phi) is 4.00. The lowest BCUT2D eigenvalue weighted by atomic mass is 9.99. The minimum Gasteiger partial charge on any atom is -0.371 e. The number of nitrogens with zero attached hydrogens (tertiary/aromatic N) is 3. The van der Waals surface area contributed by atoms with Crippen molar-refractivity contribution in [1.29, 1.82) is 0 Å². The van der Waals surface area contributed by atoms with E-state index in [0.717, 1.165) is 29.2 Å². The van der Waals surface area contributed by atoms with E-state index in [4.69, 9.17) is 4.74 Å². The molecule has 0 saturated heterocycles. The lowest BCUT2D eigenvalue weighted by molar-refractivity contribution is 0.00985. The van der Waals surface area contributed by atoms with Crippen molar-refractivity contribution in [2.75, 3.05) is 13.6 Å². The summed E-state index contributed by atoms with van der Waals surface area (Å²) in [5, 5.41) is 0. The summed E-state index contributed by atoms with van der Waals surface area (Å²) in [7, 11) is 1.82. The minimum absolute atomic E-state index is 0.0210. The first-order valence-corrected chi connectivity index (χ1v) is 8.60. The molecule has 122 valence electrons. The molecule has 0 spiro atoms. The summed E-state index contributed by atoms with van der Waals surface area (Å²) in [5.74, 6) is -0.0210. The lowest BCUT2D eigenvalue weighted by Gasteiger charge is -2.29. The van der Waals surface area contributed by atoms with Gasteiger partial charge in [-0.3, -0.25) is 4.79 Å². The molecule has 0 fully saturated rings. The fourth-order valence-corrected chi connectivity index (χ4v) is 3.57. The highest BCUT2D eigenvalue weighted by atomic mass is 32.1. The van der Waals surface area contributed by atoms with Crippen LogP contribution in [0.15, 0.2) is 42.5 Å². The fraction of sp³-hybridized carbons (Fsp3) is 0.278. The lowest BCUT2D eigenvalue weighted by Crippen LogP contribution is -2.38. The summed E-state index contributed by atoms with van der Waals surface area (Å²) in [6.07, 6.45) is 0.863. The number of fused-ring (bicyclic) bond motifs is 2. The Bertz CT molecular complexity index is 893. The number of hydrogen-bond donors (Lipinski definition) is 0. The Morgan fingerprint density at radius 3 is 2.88 bits per heavy atom. The molecule has 6 heteroatoms. The normalized spacial score (nSPS) is 16.8. The third kappa shape index (κ3) is 2.90. The van der Waals surface area contributed by atoms with Crippen LogP contribution in [0.3, 0.4) is 0 Å². The molecule has 0 bridgehead atoms. The van der Waals surface area contributed by atoms with E-state index in [1.807, 2.05) is 25.2 Å². The molecule has 0 radical (unpaired) electrons. The third-order valence-corrected chi connectivity index (χ3v) is 4.92.